The van der Waals surface area contributed by atoms with Crippen molar-refractivity contribution in [2.45, 2.75) is 19.0 Å². The van der Waals surface area contributed by atoms with Gasteiger partial charge in [0.15, 0.2) is 0 Å². The van der Waals surface area contributed by atoms with Crippen LogP contribution in [0.3, 0.4) is 0 Å². The standard InChI is InChI=1S/C7H13N3/c1-3-5-8-6-4-7(2)9-10-7/h1,8-10H,4-6H2,2H3. The molecule has 0 unspecified atom stereocenters. The molecule has 0 saturated carbocycles. The van der Waals surface area contributed by atoms with E-state index < -0.39 is 0 Å². The highest BCUT2D eigenvalue weighted by atomic mass is 15.7. The topological polar surface area (TPSA) is 55.9 Å². The first kappa shape index (κ1) is 7.55. The molecule has 0 radical (unpaired) electrons. The van der Waals surface area contributed by atoms with E-state index in [-0.39, 0.29) is 5.66 Å². The molecule has 3 heteroatoms. The van der Waals surface area contributed by atoms with Crippen LogP contribution in [0.4, 0.5) is 0 Å². The molecular weight excluding hydrogens is 126 g/mol. The molecule has 1 aliphatic heterocycles. The monoisotopic (exact) mass is 139 g/mol. The molecular formula is C7H13N3. The second kappa shape index (κ2) is 3.02. The second-order valence-electron chi connectivity index (χ2n) is 2.71. The molecule has 1 fully saturated rings. The lowest BCUT2D eigenvalue weighted by Crippen LogP contribution is -2.23. The van der Waals surface area contributed by atoms with Crippen molar-refractivity contribution in [3.8, 4) is 12.3 Å². The van der Waals surface area contributed by atoms with Gasteiger partial charge in [0.2, 0.25) is 0 Å². The van der Waals surface area contributed by atoms with E-state index in [2.05, 4.69) is 29.0 Å². The van der Waals surface area contributed by atoms with E-state index in [0.717, 1.165) is 13.0 Å². The number of terminal acetylenes is 1. The van der Waals surface area contributed by atoms with E-state index >= 15 is 0 Å². The van der Waals surface area contributed by atoms with Crippen LogP contribution in [0.5, 0.6) is 0 Å². The molecule has 3 N–H and O–H groups in total. The minimum atomic E-state index is 0.168. The summed E-state index contributed by atoms with van der Waals surface area (Å²) in [7, 11) is 0. The highest BCUT2D eigenvalue weighted by Crippen LogP contribution is 2.11. The first-order valence-electron chi connectivity index (χ1n) is 3.45. The van der Waals surface area contributed by atoms with Gasteiger partial charge < -0.3 is 5.32 Å². The van der Waals surface area contributed by atoms with Crippen LogP contribution >= 0.6 is 0 Å². The Labute approximate surface area is 61.5 Å². The summed E-state index contributed by atoms with van der Waals surface area (Å²) in [5, 5.41) is 3.12. The average Bonchev–Trinajstić information content (AvgIpc) is 2.62. The predicted octanol–water partition coefficient (Wildman–Crippen LogP) is -0.577. The number of nitrogens with one attached hydrogen (secondary N) is 3. The summed E-state index contributed by atoms with van der Waals surface area (Å²) in [5.41, 5.74) is 6.26. The lowest BCUT2D eigenvalue weighted by Gasteiger charge is -2.03. The summed E-state index contributed by atoms with van der Waals surface area (Å²) >= 11 is 0. The quantitative estimate of drug-likeness (QED) is 0.277. The lowest BCUT2D eigenvalue weighted by atomic mass is 10.2. The van der Waals surface area contributed by atoms with Crippen LogP contribution in [0.1, 0.15) is 13.3 Å². The van der Waals surface area contributed by atoms with Gasteiger partial charge in [-0.25, -0.2) is 10.9 Å². The van der Waals surface area contributed by atoms with Crippen molar-refractivity contribution < 1.29 is 0 Å². The summed E-state index contributed by atoms with van der Waals surface area (Å²) in [4.78, 5) is 0. The predicted molar refractivity (Wildman–Crippen MR) is 41.0 cm³/mol. The maximum Gasteiger partial charge on any atom is 0.0927 e. The summed E-state index contributed by atoms with van der Waals surface area (Å²) in [6.07, 6.45) is 6.11. The van der Waals surface area contributed by atoms with Gasteiger partial charge in [-0.05, 0) is 19.9 Å². The van der Waals surface area contributed by atoms with E-state index in [4.69, 9.17) is 6.42 Å². The molecule has 1 heterocycles. The summed E-state index contributed by atoms with van der Waals surface area (Å²) < 4.78 is 0. The van der Waals surface area contributed by atoms with Crippen molar-refractivity contribution in [1.29, 1.82) is 0 Å². The van der Waals surface area contributed by atoms with Crippen molar-refractivity contribution in [2.24, 2.45) is 0 Å². The molecule has 0 amide bonds. The molecule has 10 heavy (non-hydrogen) atoms. The van der Waals surface area contributed by atoms with Crippen LogP contribution < -0.4 is 16.2 Å². The Morgan fingerprint density at radius 2 is 2.30 bits per heavy atom. The van der Waals surface area contributed by atoms with Gasteiger partial charge in [0.1, 0.15) is 0 Å². The van der Waals surface area contributed by atoms with Gasteiger partial charge in [-0.2, -0.15) is 0 Å². The maximum absolute atomic E-state index is 5.05. The lowest BCUT2D eigenvalue weighted by molar-refractivity contribution is 0.569. The fourth-order valence-electron chi connectivity index (χ4n) is 0.731. The Balaban J connectivity index is 1.92. The van der Waals surface area contributed by atoms with Crippen molar-refractivity contribution in [3.63, 3.8) is 0 Å². The van der Waals surface area contributed by atoms with Crippen LogP contribution in [0.15, 0.2) is 0 Å². The Morgan fingerprint density at radius 3 is 2.80 bits per heavy atom. The summed E-state index contributed by atoms with van der Waals surface area (Å²) in [6.45, 7) is 3.74. The van der Waals surface area contributed by atoms with Crippen molar-refractivity contribution in [1.82, 2.24) is 16.2 Å². The van der Waals surface area contributed by atoms with E-state index in [9.17, 15) is 0 Å². The highest BCUT2D eigenvalue weighted by molar-refractivity contribution is 4.91. The zero-order chi connectivity index (χ0) is 7.45. The summed E-state index contributed by atoms with van der Waals surface area (Å²) in [5.74, 6) is 2.52. The summed E-state index contributed by atoms with van der Waals surface area (Å²) in [6, 6.07) is 0. The highest BCUT2D eigenvalue weighted by Gasteiger charge is 2.34. The van der Waals surface area contributed by atoms with Crippen LogP contribution in [0.2, 0.25) is 0 Å². The number of rotatable bonds is 4. The molecule has 1 rings (SSSR count). The number of hydrogen-bond donors (Lipinski definition) is 3. The van der Waals surface area contributed by atoms with Gasteiger partial charge >= 0.3 is 0 Å². The van der Waals surface area contributed by atoms with Gasteiger partial charge in [-0.15, -0.1) is 6.42 Å². The molecule has 0 atom stereocenters. The van der Waals surface area contributed by atoms with Gasteiger partial charge in [-0.1, -0.05) is 5.92 Å². The third-order valence-electron chi connectivity index (χ3n) is 1.58. The molecule has 1 saturated heterocycles. The molecule has 3 nitrogen and oxygen atoms in total. The van der Waals surface area contributed by atoms with Crippen LogP contribution in [0, 0.1) is 12.3 Å². The maximum atomic E-state index is 5.05. The van der Waals surface area contributed by atoms with E-state index in [1.54, 1.807) is 0 Å². The van der Waals surface area contributed by atoms with Gasteiger partial charge in [0.05, 0.1) is 12.2 Å². The minimum Gasteiger partial charge on any atom is -0.306 e. The van der Waals surface area contributed by atoms with Gasteiger partial charge in [0.25, 0.3) is 0 Å². The molecule has 0 aliphatic carbocycles. The Morgan fingerprint density at radius 1 is 1.60 bits per heavy atom. The zero-order valence-corrected chi connectivity index (χ0v) is 6.20. The first-order chi connectivity index (χ1) is 4.77. The largest absolute Gasteiger partial charge is 0.306 e. The minimum absolute atomic E-state index is 0.168. The van der Waals surface area contributed by atoms with E-state index in [1.165, 1.54) is 0 Å². The Bertz CT molecular complexity index is 143. The van der Waals surface area contributed by atoms with Gasteiger partial charge in [0, 0.05) is 0 Å². The smallest absolute Gasteiger partial charge is 0.0927 e. The van der Waals surface area contributed by atoms with Crippen molar-refractivity contribution >= 4 is 0 Å². The number of hydrogen-bond acceptors (Lipinski definition) is 3. The van der Waals surface area contributed by atoms with Crippen molar-refractivity contribution in [3.05, 3.63) is 0 Å². The van der Waals surface area contributed by atoms with Crippen molar-refractivity contribution in [2.75, 3.05) is 13.1 Å². The second-order valence-corrected chi connectivity index (χ2v) is 2.71. The molecule has 1 aliphatic rings. The molecule has 0 aromatic rings. The zero-order valence-electron chi connectivity index (χ0n) is 6.20. The van der Waals surface area contributed by atoms with E-state index in [0.29, 0.717) is 6.54 Å². The molecule has 0 bridgehead atoms. The fraction of sp³-hybridized carbons (Fsp3) is 0.714. The van der Waals surface area contributed by atoms with Crippen LogP contribution in [-0.4, -0.2) is 18.8 Å². The van der Waals surface area contributed by atoms with Crippen LogP contribution in [-0.2, 0) is 0 Å². The van der Waals surface area contributed by atoms with E-state index in [1.807, 2.05) is 0 Å². The molecule has 0 aromatic heterocycles. The third kappa shape index (κ3) is 2.36. The fourth-order valence-corrected chi connectivity index (χ4v) is 0.731. The molecule has 56 valence electrons. The van der Waals surface area contributed by atoms with Gasteiger partial charge in [-0.3, -0.25) is 0 Å². The molecule has 0 aromatic carbocycles. The Hall–Kier alpha value is -0.560. The van der Waals surface area contributed by atoms with Crippen LogP contribution in [0.25, 0.3) is 0 Å². The number of hydrazine groups is 1. The average molecular weight is 139 g/mol. The first-order valence-corrected chi connectivity index (χ1v) is 3.45. The Kier molecular flexibility index (Phi) is 2.28. The third-order valence-corrected chi connectivity index (χ3v) is 1.58. The SMILES string of the molecule is C#CCNCCC1(C)NN1. The normalized spacial score (nSPS) is 20.0. The molecule has 0 spiro atoms.